The highest BCUT2D eigenvalue weighted by Gasteiger charge is 2.09. The van der Waals surface area contributed by atoms with Gasteiger partial charge in [0.25, 0.3) is 0 Å². The topological polar surface area (TPSA) is 56.0 Å². The van der Waals surface area contributed by atoms with E-state index in [1.165, 1.54) is 0 Å². The fraction of sp³-hybridized carbons (Fsp3) is 0.0588. The van der Waals surface area contributed by atoms with Gasteiger partial charge in [0.15, 0.2) is 0 Å². The highest BCUT2D eigenvalue weighted by Crippen LogP contribution is 2.27. The molecule has 3 rings (SSSR count). The Morgan fingerprint density at radius 1 is 1.05 bits per heavy atom. The Kier molecular flexibility index (Phi) is 3.54. The molecule has 2 N–H and O–H groups in total. The zero-order valence-corrected chi connectivity index (χ0v) is 12.4. The Labute approximate surface area is 127 Å². The third-order valence-corrected chi connectivity index (χ3v) is 4.08. The summed E-state index contributed by atoms with van der Waals surface area (Å²) >= 11 is 1.63. The minimum atomic E-state index is -0.412. The van der Waals surface area contributed by atoms with Crippen LogP contribution in [0, 0.1) is 6.92 Å². The number of carbonyl (C=O) groups excluding carboxylic acids is 1. The van der Waals surface area contributed by atoms with E-state index in [4.69, 9.17) is 5.73 Å². The van der Waals surface area contributed by atoms with Crippen LogP contribution in [0.4, 0.5) is 0 Å². The van der Waals surface area contributed by atoms with Gasteiger partial charge in [-0.1, -0.05) is 42.5 Å². The summed E-state index contributed by atoms with van der Waals surface area (Å²) in [5.41, 5.74) is 9.84. The number of hydrogen-bond acceptors (Lipinski definition) is 3. The van der Waals surface area contributed by atoms with Crippen LogP contribution in [0.2, 0.25) is 0 Å². The average molecular weight is 294 g/mol. The molecule has 0 bridgehead atoms. The summed E-state index contributed by atoms with van der Waals surface area (Å²) in [5.74, 6) is -0.412. The van der Waals surface area contributed by atoms with E-state index in [1.807, 2.05) is 54.8 Å². The third-order valence-electron chi connectivity index (χ3n) is 3.30. The molecule has 0 atom stereocenters. The van der Waals surface area contributed by atoms with Crippen molar-refractivity contribution >= 4 is 17.2 Å². The number of carbonyl (C=O) groups is 1. The van der Waals surface area contributed by atoms with Gasteiger partial charge in [0.05, 0.1) is 10.7 Å². The van der Waals surface area contributed by atoms with Crippen molar-refractivity contribution < 1.29 is 4.79 Å². The lowest BCUT2D eigenvalue weighted by atomic mass is 9.98. The van der Waals surface area contributed by atoms with E-state index in [2.05, 4.69) is 4.98 Å². The first-order valence-electron chi connectivity index (χ1n) is 6.57. The van der Waals surface area contributed by atoms with E-state index in [9.17, 15) is 4.79 Å². The molecule has 1 aromatic heterocycles. The van der Waals surface area contributed by atoms with Crippen LogP contribution in [0.5, 0.6) is 0 Å². The van der Waals surface area contributed by atoms with Crippen LogP contribution < -0.4 is 5.73 Å². The largest absolute Gasteiger partial charge is 0.366 e. The molecular weight excluding hydrogens is 280 g/mol. The number of aromatic nitrogens is 1. The van der Waals surface area contributed by atoms with Crippen LogP contribution in [-0.4, -0.2) is 10.9 Å². The lowest BCUT2D eigenvalue weighted by Gasteiger charge is -2.07. The molecule has 0 fully saturated rings. The molecule has 0 aliphatic heterocycles. The SMILES string of the molecule is Cc1nc(-c2ccc(-c3ccccc3C(N)=O)cc2)cs1. The van der Waals surface area contributed by atoms with Crippen molar-refractivity contribution in [1.29, 1.82) is 0 Å². The molecule has 0 radical (unpaired) electrons. The van der Waals surface area contributed by atoms with Crippen LogP contribution >= 0.6 is 11.3 Å². The van der Waals surface area contributed by atoms with Gasteiger partial charge in [-0.2, -0.15) is 0 Å². The number of nitrogens with two attached hydrogens (primary N) is 1. The van der Waals surface area contributed by atoms with E-state index in [0.717, 1.165) is 27.4 Å². The second-order valence-electron chi connectivity index (χ2n) is 4.74. The number of primary amides is 1. The Balaban J connectivity index is 2.00. The summed E-state index contributed by atoms with van der Waals surface area (Å²) in [5, 5.41) is 3.09. The molecule has 3 aromatic rings. The quantitative estimate of drug-likeness (QED) is 0.797. The first-order valence-corrected chi connectivity index (χ1v) is 7.45. The highest BCUT2D eigenvalue weighted by molar-refractivity contribution is 7.09. The molecule has 3 nitrogen and oxygen atoms in total. The van der Waals surface area contributed by atoms with Crippen molar-refractivity contribution in [2.45, 2.75) is 6.92 Å². The van der Waals surface area contributed by atoms with E-state index in [-0.39, 0.29) is 0 Å². The molecule has 0 saturated carbocycles. The van der Waals surface area contributed by atoms with E-state index in [0.29, 0.717) is 5.56 Å². The van der Waals surface area contributed by atoms with Gasteiger partial charge in [0.1, 0.15) is 0 Å². The van der Waals surface area contributed by atoms with Gasteiger partial charge in [0.2, 0.25) is 5.91 Å². The van der Waals surface area contributed by atoms with Gasteiger partial charge in [0, 0.05) is 16.5 Å². The Morgan fingerprint density at radius 3 is 2.33 bits per heavy atom. The molecule has 4 heteroatoms. The monoisotopic (exact) mass is 294 g/mol. The molecular formula is C17H14N2OS. The molecule has 104 valence electrons. The maximum Gasteiger partial charge on any atom is 0.249 e. The molecule has 2 aromatic carbocycles. The zero-order chi connectivity index (χ0) is 14.8. The van der Waals surface area contributed by atoms with Crippen LogP contribution in [-0.2, 0) is 0 Å². The summed E-state index contributed by atoms with van der Waals surface area (Å²) < 4.78 is 0. The van der Waals surface area contributed by atoms with Crippen LogP contribution in [0.15, 0.2) is 53.9 Å². The fourth-order valence-corrected chi connectivity index (χ4v) is 2.89. The summed E-state index contributed by atoms with van der Waals surface area (Å²) in [6.07, 6.45) is 0. The van der Waals surface area contributed by atoms with E-state index >= 15 is 0 Å². The van der Waals surface area contributed by atoms with E-state index < -0.39 is 5.91 Å². The maximum atomic E-state index is 11.5. The number of rotatable bonds is 3. The number of amides is 1. The summed E-state index contributed by atoms with van der Waals surface area (Å²) in [4.78, 5) is 16.0. The number of thiazole rings is 1. The van der Waals surface area contributed by atoms with Crippen molar-refractivity contribution in [3.63, 3.8) is 0 Å². The summed E-state index contributed by atoms with van der Waals surface area (Å²) in [6.45, 7) is 1.99. The van der Waals surface area contributed by atoms with Crippen molar-refractivity contribution in [3.8, 4) is 22.4 Å². The van der Waals surface area contributed by atoms with Crippen LogP contribution in [0.1, 0.15) is 15.4 Å². The first-order chi connectivity index (χ1) is 10.1. The number of benzene rings is 2. The lowest BCUT2D eigenvalue weighted by Crippen LogP contribution is -2.12. The van der Waals surface area contributed by atoms with Gasteiger partial charge in [-0.3, -0.25) is 4.79 Å². The van der Waals surface area contributed by atoms with E-state index in [1.54, 1.807) is 17.4 Å². The van der Waals surface area contributed by atoms with Gasteiger partial charge in [-0.25, -0.2) is 4.98 Å². The Bertz CT molecular complexity index is 791. The second kappa shape index (κ2) is 5.50. The average Bonchev–Trinajstić information content (AvgIpc) is 2.94. The molecule has 0 unspecified atom stereocenters. The van der Waals surface area contributed by atoms with Gasteiger partial charge in [-0.05, 0) is 24.1 Å². The van der Waals surface area contributed by atoms with Crippen LogP contribution in [0.3, 0.4) is 0 Å². The minimum Gasteiger partial charge on any atom is -0.366 e. The molecule has 21 heavy (non-hydrogen) atoms. The predicted molar refractivity (Wildman–Crippen MR) is 86.2 cm³/mol. The maximum absolute atomic E-state index is 11.5. The zero-order valence-electron chi connectivity index (χ0n) is 11.5. The standard InChI is InChI=1S/C17H14N2OS/c1-11-19-16(10-21-11)13-8-6-12(7-9-13)14-4-2-3-5-15(14)17(18)20/h2-10H,1H3,(H2,18,20). The van der Waals surface area contributed by atoms with Crippen molar-refractivity contribution in [2.75, 3.05) is 0 Å². The van der Waals surface area contributed by atoms with Crippen molar-refractivity contribution in [2.24, 2.45) is 5.73 Å². The molecule has 0 aliphatic rings. The number of aryl methyl sites for hydroxylation is 1. The second-order valence-corrected chi connectivity index (χ2v) is 5.80. The first kappa shape index (κ1) is 13.5. The predicted octanol–water partition coefficient (Wildman–Crippen LogP) is 3.88. The number of hydrogen-bond donors (Lipinski definition) is 1. The number of nitrogens with zero attached hydrogens (tertiary/aromatic N) is 1. The molecule has 0 spiro atoms. The van der Waals surface area contributed by atoms with Crippen LogP contribution in [0.25, 0.3) is 22.4 Å². The molecule has 0 saturated heterocycles. The minimum absolute atomic E-state index is 0.412. The molecule has 0 aliphatic carbocycles. The van der Waals surface area contributed by atoms with Gasteiger partial charge >= 0.3 is 0 Å². The normalized spacial score (nSPS) is 10.5. The molecule has 1 heterocycles. The van der Waals surface area contributed by atoms with Crippen molar-refractivity contribution in [1.82, 2.24) is 4.98 Å². The highest BCUT2D eigenvalue weighted by atomic mass is 32.1. The summed E-state index contributed by atoms with van der Waals surface area (Å²) in [6, 6.07) is 15.4. The Morgan fingerprint density at radius 2 is 1.71 bits per heavy atom. The summed E-state index contributed by atoms with van der Waals surface area (Å²) in [7, 11) is 0. The lowest BCUT2D eigenvalue weighted by molar-refractivity contribution is 0.100. The van der Waals surface area contributed by atoms with Gasteiger partial charge in [-0.15, -0.1) is 11.3 Å². The van der Waals surface area contributed by atoms with Crippen molar-refractivity contribution in [3.05, 3.63) is 64.5 Å². The van der Waals surface area contributed by atoms with Gasteiger partial charge < -0.3 is 5.73 Å². The smallest absolute Gasteiger partial charge is 0.249 e. The Hall–Kier alpha value is -2.46. The molecule has 1 amide bonds. The third kappa shape index (κ3) is 2.71. The fourth-order valence-electron chi connectivity index (χ4n) is 2.27.